The lowest BCUT2D eigenvalue weighted by Crippen LogP contribution is -2.14. The van der Waals surface area contributed by atoms with Gasteiger partial charge in [-0.2, -0.15) is 0 Å². The number of thioether (sulfide) groups is 1. The molecule has 1 aliphatic carbocycles. The van der Waals surface area contributed by atoms with Crippen LogP contribution >= 0.6 is 11.8 Å². The Morgan fingerprint density at radius 2 is 2.00 bits per heavy atom. The summed E-state index contributed by atoms with van der Waals surface area (Å²) < 4.78 is 0. The normalized spacial score (nSPS) is 20.1. The number of ketones is 1. The van der Waals surface area contributed by atoms with Crippen molar-refractivity contribution in [1.82, 2.24) is 0 Å². The molecule has 132 valence electrons. The zero-order chi connectivity index (χ0) is 17.5. The van der Waals surface area contributed by atoms with Gasteiger partial charge in [0.1, 0.15) is 0 Å². The molecule has 1 aliphatic heterocycles. The van der Waals surface area contributed by atoms with E-state index in [1.807, 2.05) is 12.1 Å². The quantitative estimate of drug-likeness (QED) is 0.777. The maximum Gasteiger partial charge on any atom is 0.163 e. The first-order chi connectivity index (χ1) is 11.6. The van der Waals surface area contributed by atoms with E-state index in [0.717, 1.165) is 28.6 Å². The van der Waals surface area contributed by atoms with Crippen molar-refractivity contribution < 1.29 is 4.79 Å². The summed E-state index contributed by atoms with van der Waals surface area (Å²) in [5.41, 5.74) is 3.12. The number of aliphatic imine (C=N–C) groups is 1. The Bertz CT molecular complexity index is 595. The third kappa shape index (κ3) is 4.85. The molecule has 2 unspecified atom stereocenters. The molecule has 24 heavy (non-hydrogen) atoms. The highest BCUT2D eigenvalue weighted by Gasteiger charge is 2.23. The van der Waals surface area contributed by atoms with Gasteiger partial charge in [0.15, 0.2) is 11.0 Å². The number of benzene rings is 1. The lowest BCUT2D eigenvalue weighted by atomic mass is 10.0. The number of hydrogen-bond donors (Lipinski definition) is 1. The van der Waals surface area contributed by atoms with Crippen molar-refractivity contribution in [3.05, 3.63) is 29.3 Å². The standard InChI is InChI=1S/C16H20N2OS.C4H10/c1-3-10(2)14-9-20-16(18-14)17-12-5-6-13-11(8-12)4-7-15(13)19;1-3-4-2/h5-6,8,10,14H,3-4,7,9H2,1-2H3,(H,17,18);3-4H2,1-2H3. The zero-order valence-electron chi connectivity index (χ0n) is 15.4. The molecular weight excluding hydrogens is 316 g/mol. The van der Waals surface area contributed by atoms with Gasteiger partial charge in [0.25, 0.3) is 0 Å². The molecule has 1 aromatic rings. The van der Waals surface area contributed by atoms with E-state index in [1.54, 1.807) is 11.8 Å². The first-order valence-electron chi connectivity index (χ1n) is 9.22. The molecular formula is C20H30N2OS. The second-order valence-corrected chi connectivity index (χ2v) is 7.63. The fourth-order valence-electron chi connectivity index (χ4n) is 2.68. The Morgan fingerprint density at radius 3 is 2.67 bits per heavy atom. The van der Waals surface area contributed by atoms with Crippen LogP contribution < -0.4 is 5.32 Å². The van der Waals surface area contributed by atoms with Crippen LogP contribution in [-0.2, 0) is 6.42 Å². The largest absolute Gasteiger partial charge is 0.335 e. The summed E-state index contributed by atoms with van der Waals surface area (Å²) in [7, 11) is 0. The van der Waals surface area contributed by atoms with Gasteiger partial charge < -0.3 is 5.32 Å². The number of hydrogen-bond acceptors (Lipinski definition) is 4. The molecule has 4 heteroatoms. The summed E-state index contributed by atoms with van der Waals surface area (Å²) >= 11 is 1.79. The van der Waals surface area contributed by atoms with Crippen LogP contribution in [-0.4, -0.2) is 22.7 Å². The van der Waals surface area contributed by atoms with Crippen LogP contribution in [0.4, 0.5) is 5.69 Å². The number of nitrogens with one attached hydrogen (secondary N) is 1. The Kier molecular flexibility index (Phi) is 7.35. The highest BCUT2D eigenvalue weighted by molar-refractivity contribution is 8.14. The molecule has 1 aromatic carbocycles. The number of fused-ring (bicyclic) bond motifs is 1. The van der Waals surface area contributed by atoms with Crippen LogP contribution in [0.15, 0.2) is 23.2 Å². The smallest absolute Gasteiger partial charge is 0.163 e. The van der Waals surface area contributed by atoms with Crippen LogP contribution in [0.5, 0.6) is 0 Å². The van der Waals surface area contributed by atoms with Gasteiger partial charge in [0.05, 0.1) is 6.04 Å². The van der Waals surface area contributed by atoms with Gasteiger partial charge in [-0.25, -0.2) is 0 Å². The average Bonchev–Trinajstić information content (AvgIpc) is 3.21. The minimum atomic E-state index is 0.274. The fraction of sp³-hybridized carbons (Fsp3) is 0.600. The van der Waals surface area contributed by atoms with E-state index in [9.17, 15) is 4.79 Å². The molecule has 2 atom stereocenters. The first-order valence-corrected chi connectivity index (χ1v) is 10.2. The highest BCUT2D eigenvalue weighted by Crippen LogP contribution is 2.28. The second kappa shape index (κ2) is 9.26. The molecule has 0 bridgehead atoms. The summed E-state index contributed by atoms with van der Waals surface area (Å²) in [6.07, 6.45) is 5.34. The molecule has 3 nitrogen and oxygen atoms in total. The monoisotopic (exact) mass is 346 g/mol. The summed E-state index contributed by atoms with van der Waals surface area (Å²) in [4.78, 5) is 16.4. The lowest BCUT2D eigenvalue weighted by molar-refractivity contribution is 0.0994. The molecule has 0 spiro atoms. The van der Waals surface area contributed by atoms with Gasteiger partial charge in [0, 0.05) is 23.4 Å². The van der Waals surface area contributed by atoms with Crippen molar-refractivity contribution >= 4 is 28.4 Å². The number of aryl methyl sites for hydroxylation is 1. The van der Waals surface area contributed by atoms with Gasteiger partial charge in [0.2, 0.25) is 0 Å². The predicted octanol–water partition coefficient (Wildman–Crippen LogP) is 5.55. The number of Topliss-reactive ketones (excluding diaryl/α,β-unsaturated/α-hetero) is 1. The number of amidine groups is 1. The predicted molar refractivity (Wildman–Crippen MR) is 106 cm³/mol. The van der Waals surface area contributed by atoms with Crippen molar-refractivity contribution in [2.75, 3.05) is 11.1 Å². The summed E-state index contributed by atoms with van der Waals surface area (Å²) in [6.45, 7) is 8.84. The summed E-state index contributed by atoms with van der Waals surface area (Å²) in [6, 6.07) is 6.46. The van der Waals surface area contributed by atoms with E-state index in [2.05, 4.69) is 39.1 Å². The van der Waals surface area contributed by atoms with Gasteiger partial charge in [-0.05, 0) is 36.1 Å². The van der Waals surface area contributed by atoms with E-state index in [0.29, 0.717) is 18.4 Å². The maximum absolute atomic E-state index is 11.6. The lowest BCUT2D eigenvalue weighted by Gasteiger charge is -2.12. The molecule has 0 saturated carbocycles. The van der Waals surface area contributed by atoms with Crippen LogP contribution in [0.2, 0.25) is 0 Å². The topological polar surface area (TPSA) is 41.5 Å². The number of unbranched alkanes of at least 4 members (excludes halogenated alkanes) is 1. The number of carbonyl (C=O) groups is 1. The number of anilines is 1. The van der Waals surface area contributed by atoms with Crippen LogP contribution in [0.3, 0.4) is 0 Å². The van der Waals surface area contributed by atoms with Gasteiger partial charge in [-0.3, -0.25) is 9.79 Å². The molecule has 0 amide bonds. The van der Waals surface area contributed by atoms with Crippen molar-refractivity contribution in [1.29, 1.82) is 0 Å². The van der Waals surface area contributed by atoms with Crippen molar-refractivity contribution in [3.63, 3.8) is 0 Å². The van der Waals surface area contributed by atoms with E-state index in [-0.39, 0.29) is 5.78 Å². The van der Waals surface area contributed by atoms with E-state index >= 15 is 0 Å². The highest BCUT2D eigenvalue weighted by atomic mass is 32.2. The Labute approximate surface area is 150 Å². The van der Waals surface area contributed by atoms with Crippen LogP contribution in [0.25, 0.3) is 0 Å². The zero-order valence-corrected chi connectivity index (χ0v) is 16.2. The van der Waals surface area contributed by atoms with Gasteiger partial charge >= 0.3 is 0 Å². The minimum Gasteiger partial charge on any atom is -0.335 e. The molecule has 1 heterocycles. The third-order valence-electron chi connectivity index (χ3n) is 4.75. The van der Waals surface area contributed by atoms with Crippen molar-refractivity contribution in [2.24, 2.45) is 10.9 Å². The van der Waals surface area contributed by atoms with Crippen LogP contribution in [0.1, 0.15) is 69.3 Å². The third-order valence-corrected chi connectivity index (χ3v) is 5.74. The second-order valence-electron chi connectivity index (χ2n) is 6.62. The maximum atomic E-state index is 11.6. The summed E-state index contributed by atoms with van der Waals surface area (Å²) in [5.74, 6) is 1.98. The molecule has 0 radical (unpaired) electrons. The van der Waals surface area contributed by atoms with Gasteiger partial charge in [-0.15, -0.1) is 0 Å². The molecule has 0 saturated heterocycles. The van der Waals surface area contributed by atoms with E-state index in [1.165, 1.54) is 24.8 Å². The Balaban J connectivity index is 0.000000471. The Morgan fingerprint density at radius 1 is 1.25 bits per heavy atom. The van der Waals surface area contributed by atoms with E-state index < -0.39 is 0 Å². The van der Waals surface area contributed by atoms with Gasteiger partial charge in [-0.1, -0.05) is 58.7 Å². The number of nitrogens with zero attached hydrogens (tertiary/aromatic N) is 1. The van der Waals surface area contributed by atoms with Crippen LogP contribution in [0, 0.1) is 5.92 Å². The minimum absolute atomic E-state index is 0.274. The molecule has 1 N–H and O–H groups in total. The molecule has 2 aliphatic rings. The van der Waals surface area contributed by atoms with E-state index in [4.69, 9.17) is 4.99 Å². The van der Waals surface area contributed by atoms with Crippen molar-refractivity contribution in [3.8, 4) is 0 Å². The fourth-order valence-corrected chi connectivity index (χ4v) is 3.81. The summed E-state index contributed by atoms with van der Waals surface area (Å²) in [5, 5.41) is 4.41. The molecule has 0 fully saturated rings. The number of rotatable bonds is 4. The van der Waals surface area contributed by atoms with Crippen molar-refractivity contribution in [2.45, 2.75) is 65.8 Å². The number of carbonyl (C=O) groups excluding carboxylic acids is 1. The molecule has 3 rings (SSSR count). The molecule has 0 aromatic heterocycles. The Hall–Kier alpha value is -1.29. The first kappa shape index (κ1) is 19.0. The SMILES string of the molecule is CCC(C)C1CSC(Nc2ccc3c(c2)CCC3=O)=N1.CCCC. The average molecular weight is 347 g/mol.